The number of benzene rings is 1. The van der Waals surface area contributed by atoms with E-state index in [1.807, 2.05) is 0 Å². The van der Waals surface area contributed by atoms with Gasteiger partial charge in [0.2, 0.25) is 0 Å². The second-order valence-electron chi connectivity index (χ2n) is 8.38. The van der Waals surface area contributed by atoms with Crippen molar-refractivity contribution in [2.75, 3.05) is 31.1 Å². The van der Waals surface area contributed by atoms with Crippen molar-refractivity contribution in [1.82, 2.24) is 30.0 Å². The Morgan fingerprint density at radius 3 is 2.49 bits per heavy atom. The number of halogens is 3. The number of hydrogen-bond acceptors (Lipinski definition) is 6. The standard InChI is InChI=1S/C25H24F3N7/c26-25(27,28)17-35-16-21(24(33-35)19-2-1-8-30-15-19)22-7-9-31-23(32-22)14-18-3-5-20(6-4-18)34-12-10-29-11-13-34/h1-9,15-16,29H,10-14,17H2. The maximum absolute atomic E-state index is 13.0. The summed E-state index contributed by atoms with van der Waals surface area (Å²) in [6.45, 7) is 2.72. The Kier molecular flexibility index (Phi) is 6.45. The first-order chi connectivity index (χ1) is 16.9. The van der Waals surface area contributed by atoms with Crippen LogP contribution in [0.25, 0.3) is 22.5 Å². The molecule has 0 atom stereocenters. The Labute approximate surface area is 200 Å². The Hall–Kier alpha value is -3.79. The van der Waals surface area contributed by atoms with E-state index in [0.717, 1.165) is 36.4 Å². The molecule has 0 bridgehead atoms. The number of alkyl halides is 3. The predicted molar refractivity (Wildman–Crippen MR) is 127 cm³/mol. The van der Waals surface area contributed by atoms with Crippen LogP contribution in [0.5, 0.6) is 0 Å². The first kappa shape index (κ1) is 23.0. The Bertz CT molecular complexity index is 1260. The summed E-state index contributed by atoms with van der Waals surface area (Å²) in [4.78, 5) is 15.5. The summed E-state index contributed by atoms with van der Waals surface area (Å²) in [5.74, 6) is 0.582. The normalized spacial score (nSPS) is 14.3. The van der Waals surface area contributed by atoms with Crippen LogP contribution in [0.15, 0.2) is 67.3 Å². The van der Waals surface area contributed by atoms with Crippen LogP contribution in [-0.4, -0.2) is 57.1 Å². The molecule has 1 aliphatic rings. The van der Waals surface area contributed by atoms with Gasteiger partial charge in [0.25, 0.3) is 0 Å². The summed E-state index contributed by atoms with van der Waals surface area (Å²) in [5, 5.41) is 7.55. The molecule has 1 saturated heterocycles. The van der Waals surface area contributed by atoms with Crippen LogP contribution < -0.4 is 10.2 Å². The zero-order chi connectivity index (χ0) is 24.3. The maximum Gasteiger partial charge on any atom is 0.408 e. The van der Waals surface area contributed by atoms with Gasteiger partial charge in [0.15, 0.2) is 0 Å². The second kappa shape index (κ2) is 9.83. The van der Waals surface area contributed by atoms with Crippen LogP contribution in [-0.2, 0) is 13.0 Å². The van der Waals surface area contributed by atoms with E-state index in [0.29, 0.717) is 34.8 Å². The topological polar surface area (TPSA) is 71.8 Å². The van der Waals surface area contributed by atoms with Crippen LogP contribution in [0, 0.1) is 0 Å². The summed E-state index contributed by atoms with van der Waals surface area (Å²) in [6.07, 6.45) is 2.31. The predicted octanol–water partition coefficient (Wildman–Crippen LogP) is 3.96. The van der Waals surface area contributed by atoms with E-state index in [1.54, 1.807) is 36.8 Å². The van der Waals surface area contributed by atoms with Crippen molar-refractivity contribution in [3.8, 4) is 22.5 Å². The van der Waals surface area contributed by atoms with Gasteiger partial charge in [0, 0.05) is 74.2 Å². The Morgan fingerprint density at radius 2 is 1.77 bits per heavy atom. The van der Waals surface area contributed by atoms with Crippen LogP contribution in [0.3, 0.4) is 0 Å². The van der Waals surface area contributed by atoms with Crippen LogP contribution >= 0.6 is 0 Å². The molecule has 0 saturated carbocycles. The van der Waals surface area contributed by atoms with Crippen LogP contribution in [0.1, 0.15) is 11.4 Å². The first-order valence-corrected chi connectivity index (χ1v) is 11.4. The zero-order valence-corrected chi connectivity index (χ0v) is 18.9. The SMILES string of the molecule is FC(F)(F)Cn1cc(-c2ccnc(Cc3ccc(N4CCNCC4)cc3)n2)c(-c2cccnc2)n1. The first-order valence-electron chi connectivity index (χ1n) is 11.4. The molecule has 180 valence electrons. The molecule has 0 aliphatic carbocycles. The molecule has 0 amide bonds. The van der Waals surface area contributed by atoms with E-state index in [4.69, 9.17) is 0 Å². The zero-order valence-electron chi connectivity index (χ0n) is 18.9. The van der Waals surface area contributed by atoms with Gasteiger partial charge in [-0.25, -0.2) is 9.97 Å². The van der Waals surface area contributed by atoms with E-state index in [2.05, 4.69) is 54.5 Å². The molecular weight excluding hydrogens is 455 g/mol. The molecular formula is C25H24F3N7. The lowest BCUT2D eigenvalue weighted by atomic mass is 10.1. The second-order valence-corrected chi connectivity index (χ2v) is 8.38. The number of nitrogens with zero attached hydrogens (tertiary/aromatic N) is 6. The molecule has 4 aromatic rings. The molecule has 1 fully saturated rings. The summed E-state index contributed by atoms with van der Waals surface area (Å²) < 4.78 is 40.0. The summed E-state index contributed by atoms with van der Waals surface area (Å²) >= 11 is 0. The van der Waals surface area contributed by atoms with E-state index < -0.39 is 12.7 Å². The van der Waals surface area contributed by atoms with Crippen LogP contribution in [0.2, 0.25) is 0 Å². The smallest absolute Gasteiger partial charge is 0.369 e. The molecule has 3 aromatic heterocycles. The molecule has 35 heavy (non-hydrogen) atoms. The van der Waals surface area contributed by atoms with Crippen molar-refractivity contribution >= 4 is 5.69 Å². The van der Waals surface area contributed by atoms with Gasteiger partial charge in [-0.2, -0.15) is 18.3 Å². The van der Waals surface area contributed by atoms with E-state index in [1.165, 1.54) is 11.9 Å². The fourth-order valence-electron chi connectivity index (χ4n) is 4.15. The molecule has 1 aliphatic heterocycles. The third kappa shape index (κ3) is 5.65. The highest BCUT2D eigenvalue weighted by Gasteiger charge is 2.29. The molecule has 0 unspecified atom stereocenters. The molecule has 5 rings (SSSR count). The minimum Gasteiger partial charge on any atom is -0.369 e. The van der Waals surface area contributed by atoms with E-state index in [-0.39, 0.29) is 0 Å². The van der Waals surface area contributed by atoms with Crippen LogP contribution in [0.4, 0.5) is 18.9 Å². The molecule has 7 nitrogen and oxygen atoms in total. The van der Waals surface area contributed by atoms with E-state index in [9.17, 15) is 13.2 Å². The largest absolute Gasteiger partial charge is 0.408 e. The lowest BCUT2D eigenvalue weighted by Gasteiger charge is -2.29. The number of anilines is 1. The number of nitrogens with one attached hydrogen (secondary N) is 1. The monoisotopic (exact) mass is 479 g/mol. The Balaban J connectivity index is 1.41. The van der Waals surface area contributed by atoms with Crippen molar-refractivity contribution < 1.29 is 13.2 Å². The van der Waals surface area contributed by atoms with Gasteiger partial charge in [0.05, 0.1) is 5.69 Å². The van der Waals surface area contributed by atoms with Gasteiger partial charge in [-0.1, -0.05) is 12.1 Å². The fraction of sp³-hybridized carbons (Fsp3) is 0.280. The average molecular weight is 480 g/mol. The van der Waals surface area contributed by atoms with Crippen molar-refractivity contribution in [2.45, 2.75) is 19.1 Å². The lowest BCUT2D eigenvalue weighted by Crippen LogP contribution is -2.43. The number of hydrogen-bond donors (Lipinski definition) is 1. The van der Waals surface area contributed by atoms with Crippen molar-refractivity contribution in [3.05, 3.63) is 78.6 Å². The summed E-state index contributed by atoms with van der Waals surface area (Å²) in [5.41, 5.74) is 4.27. The number of pyridine rings is 1. The van der Waals surface area contributed by atoms with Crippen molar-refractivity contribution in [2.24, 2.45) is 0 Å². The van der Waals surface area contributed by atoms with E-state index >= 15 is 0 Å². The lowest BCUT2D eigenvalue weighted by molar-refractivity contribution is -0.142. The summed E-state index contributed by atoms with van der Waals surface area (Å²) in [7, 11) is 0. The third-order valence-electron chi connectivity index (χ3n) is 5.80. The molecule has 10 heteroatoms. The van der Waals surface area contributed by atoms with Gasteiger partial charge < -0.3 is 10.2 Å². The highest BCUT2D eigenvalue weighted by atomic mass is 19.4. The molecule has 0 spiro atoms. The van der Waals surface area contributed by atoms with Gasteiger partial charge in [-0.15, -0.1) is 0 Å². The highest BCUT2D eigenvalue weighted by Crippen LogP contribution is 2.31. The quantitative estimate of drug-likeness (QED) is 0.451. The van der Waals surface area contributed by atoms with Gasteiger partial charge in [0.1, 0.15) is 18.1 Å². The molecule has 1 N–H and O–H groups in total. The molecule has 4 heterocycles. The number of aromatic nitrogens is 5. The van der Waals surface area contributed by atoms with Gasteiger partial charge in [-0.05, 0) is 35.9 Å². The van der Waals surface area contributed by atoms with Crippen molar-refractivity contribution in [3.63, 3.8) is 0 Å². The van der Waals surface area contributed by atoms with Crippen molar-refractivity contribution in [1.29, 1.82) is 0 Å². The minimum atomic E-state index is -4.39. The fourth-order valence-corrected chi connectivity index (χ4v) is 4.15. The highest BCUT2D eigenvalue weighted by molar-refractivity contribution is 5.78. The Morgan fingerprint density at radius 1 is 0.971 bits per heavy atom. The number of piperazine rings is 1. The number of rotatable bonds is 6. The van der Waals surface area contributed by atoms with Gasteiger partial charge in [-0.3, -0.25) is 9.67 Å². The molecule has 0 radical (unpaired) electrons. The maximum atomic E-state index is 13.0. The average Bonchev–Trinajstić information content (AvgIpc) is 3.28. The van der Waals surface area contributed by atoms with Gasteiger partial charge >= 0.3 is 6.18 Å². The minimum absolute atomic E-state index is 0.396. The summed E-state index contributed by atoms with van der Waals surface area (Å²) in [6, 6.07) is 13.5. The molecule has 1 aromatic carbocycles. The third-order valence-corrected chi connectivity index (χ3v) is 5.80.